The molecule has 1 aromatic carbocycles. The Kier molecular flexibility index (Phi) is 3.23. The molecule has 5 heteroatoms. The molecule has 0 radical (unpaired) electrons. The fourth-order valence-corrected chi connectivity index (χ4v) is 2.06. The molecular weight excluding hydrogens is 232 g/mol. The van der Waals surface area contributed by atoms with Gasteiger partial charge in [0.15, 0.2) is 0 Å². The van der Waals surface area contributed by atoms with Gasteiger partial charge in [0.2, 0.25) is 5.91 Å². The summed E-state index contributed by atoms with van der Waals surface area (Å²) in [7, 11) is 1.63. The maximum Gasteiger partial charge on any atom is 0.328 e. The van der Waals surface area contributed by atoms with Crippen molar-refractivity contribution in [3.05, 3.63) is 29.8 Å². The third-order valence-electron chi connectivity index (χ3n) is 3.21. The van der Waals surface area contributed by atoms with Gasteiger partial charge in [-0.2, -0.15) is 0 Å². The van der Waals surface area contributed by atoms with E-state index in [0.29, 0.717) is 0 Å². The Morgan fingerprint density at radius 3 is 2.50 bits per heavy atom. The normalized spacial score (nSPS) is 20.1. The number of aryl methyl sites for hydroxylation is 1. The van der Waals surface area contributed by atoms with Crippen molar-refractivity contribution in [1.29, 1.82) is 0 Å². The van der Waals surface area contributed by atoms with Crippen LogP contribution in [0.1, 0.15) is 5.56 Å². The number of rotatable bonds is 2. The molecule has 1 aliphatic heterocycles. The van der Waals surface area contributed by atoms with Crippen molar-refractivity contribution in [3.8, 4) is 0 Å². The van der Waals surface area contributed by atoms with Gasteiger partial charge < -0.3 is 14.9 Å². The first-order valence-electron chi connectivity index (χ1n) is 5.79. The lowest BCUT2D eigenvalue weighted by Crippen LogP contribution is -2.58. The van der Waals surface area contributed by atoms with Gasteiger partial charge in [-0.1, -0.05) is 17.7 Å². The van der Waals surface area contributed by atoms with Crippen molar-refractivity contribution < 1.29 is 14.7 Å². The third kappa shape index (κ3) is 2.30. The van der Waals surface area contributed by atoms with Crippen molar-refractivity contribution in [2.75, 3.05) is 25.0 Å². The average molecular weight is 248 g/mol. The zero-order valence-corrected chi connectivity index (χ0v) is 10.5. The van der Waals surface area contributed by atoms with Crippen molar-refractivity contribution in [3.63, 3.8) is 0 Å². The average Bonchev–Trinajstić information content (AvgIpc) is 2.33. The van der Waals surface area contributed by atoms with Gasteiger partial charge in [-0.3, -0.25) is 4.79 Å². The van der Waals surface area contributed by atoms with Crippen molar-refractivity contribution in [2.45, 2.75) is 13.0 Å². The third-order valence-corrected chi connectivity index (χ3v) is 3.21. The standard InChI is InChI=1S/C13H16N2O3/c1-9-3-5-10(6-4-9)15-8-12(16)14(2)7-11(15)13(17)18/h3-6,11H,7-8H2,1-2H3,(H,17,18). The highest BCUT2D eigenvalue weighted by atomic mass is 16.4. The minimum atomic E-state index is -0.907. The molecule has 1 atom stereocenters. The SMILES string of the molecule is Cc1ccc(N2CC(=O)N(C)CC2C(=O)O)cc1. The summed E-state index contributed by atoms with van der Waals surface area (Å²) in [5.74, 6) is -0.969. The molecular formula is C13H16N2O3. The quantitative estimate of drug-likeness (QED) is 0.838. The van der Waals surface area contributed by atoms with Gasteiger partial charge >= 0.3 is 5.97 Å². The largest absolute Gasteiger partial charge is 0.480 e. The number of piperazine rings is 1. The molecule has 1 aromatic rings. The Bertz CT molecular complexity index is 470. The second kappa shape index (κ2) is 4.68. The maximum absolute atomic E-state index is 11.7. The number of likely N-dealkylation sites (N-methyl/N-ethyl adjacent to an activating group) is 1. The van der Waals surface area contributed by atoms with Crippen LogP contribution in [0.2, 0.25) is 0 Å². The van der Waals surface area contributed by atoms with E-state index in [9.17, 15) is 14.7 Å². The number of aliphatic carboxylic acids is 1. The highest BCUT2D eigenvalue weighted by Gasteiger charge is 2.34. The molecule has 0 aromatic heterocycles. The van der Waals surface area contributed by atoms with Crippen molar-refractivity contribution >= 4 is 17.6 Å². The first-order chi connectivity index (χ1) is 8.49. The molecule has 0 bridgehead atoms. The topological polar surface area (TPSA) is 60.9 Å². The van der Waals surface area contributed by atoms with Gasteiger partial charge in [-0.05, 0) is 19.1 Å². The number of carboxylic acid groups (broad SMARTS) is 1. The van der Waals surface area contributed by atoms with Crippen molar-refractivity contribution in [2.24, 2.45) is 0 Å². The van der Waals surface area contributed by atoms with Crippen LogP contribution in [0.3, 0.4) is 0 Å². The van der Waals surface area contributed by atoms with E-state index in [2.05, 4.69) is 0 Å². The van der Waals surface area contributed by atoms with E-state index >= 15 is 0 Å². The summed E-state index contributed by atoms with van der Waals surface area (Å²) < 4.78 is 0. The van der Waals surface area contributed by atoms with E-state index in [0.717, 1.165) is 11.3 Å². The molecule has 2 rings (SSSR count). The van der Waals surface area contributed by atoms with Crippen LogP contribution in [0.25, 0.3) is 0 Å². The molecule has 0 spiro atoms. The minimum absolute atomic E-state index is 0.0620. The van der Waals surface area contributed by atoms with E-state index in [1.54, 1.807) is 11.9 Å². The Balaban J connectivity index is 2.30. The lowest BCUT2D eigenvalue weighted by atomic mass is 10.1. The lowest BCUT2D eigenvalue weighted by Gasteiger charge is -2.38. The summed E-state index contributed by atoms with van der Waals surface area (Å²) in [6, 6.07) is 6.84. The number of carbonyl (C=O) groups is 2. The molecule has 0 aliphatic carbocycles. The fourth-order valence-electron chi connectivity index (χ4n) is 2.06. The maximum atomic E-state index is 11.7. The van der Waals surface area contributed by atoms with E-state index in [1.165, 1.54) is 4.90 Å². The van der Waals surface area contributed by atoms with E-state index in [-0.39, 0.29) is 19.0 Å². The van der Waals surface area contributed by atoms with Crippen LogP contribution in [-0.2, 0) is 9.59 Å². The number of carboxylic acids is 1. The molecule has 5 nitrogen and oxygen atoms in total. The van der Waals surface area contributed by atoms with Crippen molar-refractivity contribution in [1.82, 2.24) is 4.90 Å². The fraction of sp³-hybridized carbons (Fsp3) is 0.385. The Morgan fingerprint density at radius 1 is 1.33 bits per heavy atom. The molecule has 1 unspecified atom stereocenters. The zero-order chi connectivity index (χ0) is 13.3. The Hall–Kier alpha value is -2.04. The highest BCUT2D eigenvalue weighted by molar-refractivity contribution is 5.89. The molecule has 1 aliphatic rings. The number of hydrogen-bond acceptors (Lipinski definition) is 3. The summed E-state index contributed by atoms with van der Waals surface area (Å²) in [5, 5.41) is 9.25. The predicted molar refractivity (Wildman–Crippen MR) is 67.6 cm³/mol. The van der Waals surface area contributed by atoms with Crippen LogP contribution >= 0.6 is 0 Å². The monoisotopic (exact) mass is 248 g/mol. The molecule has 96 valence electrons. The molecule has 1 amide bonds. The summed E-state index contributed by atoms with van der Waals surface area (Å²) in [6.45, 7) is 2.28. The molecule has 1 fully saturated rings. The summed E-state index contributed by atoms with van der Waals surface area (Å²) in [6.07, 6.45) is 0. The molecule has 1 saturated heterocycles. The number of benzene rings is 1. The number of carbonyl (C=O) groups excluding carboxylic acids is 1. The molecule has 18 heavy (non-hydrogen) atoms. The first-order valence-corrected chi connectivity index (χ1v) is 5.79. The van der Waals surface area contributed by atoms with Crippen LogP contribution in [-0.4, -0.2) is 48.1 Å². The van der Waals surface area contributed by atoms with Gasteiger partial charge in [-0.25, -0.2) is 4.79 Å². The van der Waals surface area contributed by atoms with Crippen LogP contribution in [0, 0.1) is 6.92 Å². The van der Waals surface area contributed by atoms with E-state index < -0.39 is 12.0 Å². The van der Waals surface area contributed by atoms with Gasteiger partial charge in [0.1, 0.15) is 6.04 Å². The smallest absolute Gasteiger partial charge is 0.328 e. The van der Waals surface area contributed by atoms with Gasteiger partial charge in [-0.15, -0.1) is 0 Å². The number of anilines is 1. The summed E-state index contributed by atoms with van der Waals surface area (Å²) in [5.41, 5.74) is 1.88. The number of nitrogens with zero attached hydrogens (tertiary/aromatic N) is 2. The summed E-state index contributed by atoms with van der Waals surface area (Å²) in [4.78, 5) is 26.1. The zero-order valence-electron chi connectivity index (χ0n) is 10.5. The van der Waals surface area contributed by atoms with E-state index in [4.69, 9.17) is 0 Å². The van der Waals surface area contributed by atoms with Crippen LogP contribution in [0.4, 0.5) is 5.69 Å². The van der Waals surface area contributed by atoms with Gasteiger partial charge in [0, 0.05) is 12.7 Å². The number of hydrogen-bond donors (Lipinski definition) is 1. The molecule has 1 heterocycles. The Morgan fingerprint density at radius 2 is 1.94 bits per heavy atom. The lowest BCUT2D eigenvalue weighted by molar-refractivity contribution is -0.141. The second-order valence-corrected chi connectivity index (χ2v) is 4.59. The molecule has 0 saturated carbocycles. The number of amides is 1. The predicted octanol–water partition coefficient (Wildman–Crippen LogP) is 0.727. The van der Waals surface area contributed by atoms with E-state index in [1.807, 2.05) is 31.2 Å². The van der Waals surface area contributed by atoms with Crippen LogP contribution < -0.4 is 4.90 Å². The summed E-state index contributed by atoms with van der Waals surface area (Å²) >= 11 is 0. The van der Waals surface area contributed by atoms with Crippen LogP contribution in [0.5, 0.6) is 0 Å². The Labute approximate surface area is 106 Å². The molecule has 1 N–H and O–H groups in total. The first kappa shape index (κ1) is 12.4. The second-order valence-electron chi connectivity index (χ2n) is 4.59. The van der Waals surface area contributed by atoms with Crippen LogP contribution in [0.15, 0.2) is 24.3 Å². The minimum Gasteiger partial charge on any atom is -0.480 e. The van der Waals surface area contributed by atoms with Gasteiger partial charge in [0.25, 0.3) is 0 Å². The van der Waals surface area contributed by atoms with Gasteiger partial charge in [0.05, 0.1) is 13.1 Å². The highest BCUT2D eigenvalue weighted by Crippen LogP contribution is 2.21.